The van der Waals surface area contributed by atoms with Crippen LogP contribution in [-0.4, -0.2) is 16.9 Å². The number of hydrogen-bond donors (Lipinski definition) is 2. The highest BCUT2D eigenvalue weighted by atomic mass is 32.1. The highest BCUT2D eigenvalue weighted by Crippen LogP contribution is 2.31. The van der Waals surface area contributed by atoms with Crippen LogP contribution in [0, 0.1) is 5.92 Å². The summed E-state index contributed by atoms with van der Waals surface area (Å²) < 4.78 is 0.942. The molecule has 1 unspecified atom stereocenters. The van der Waals surface area contributed by atoms with Crippen LogP contribution in [0.5, 0.6) is 0 Å². The predicted octanol–water partition coefficient (Wildman–Crippen LogP) is 2.65. The van der Waals surface area contributed by atoms with Gasteiger partial charge in [-0.15, -0.1) is 11.3 Å². The molecule has 0 spiro atoms. The molecule has 0 fully saturated rings. The summed E-state index contributed by atoms with van der Waals surface area (Å²) in [6, 6.07) is 3.89. The molecule has 1 atom stereocenters. The summed E-state index contributed by atoms with van der Waals surface area (Å²) in [7, 11) is 0. The summed E-state index contributed by atoms with van der Waals surface area (Å²) in [4.78, 5) is 16.9. The minimum atomic E-state index is -0.114. The molecule has 2 rings (SSSR count). The number of hydrogen-bond acceptors (Lipinski definition) is 4. The van der Waals surface area contributed by atoms with E-state index in [1.165, 1.54) is 11.3 Å². The molecule has 0 saturated heterocycles. The van der Waals surface area contributed by atoms with Gasteiger partial charge in [-0.3, -0.25) is 9.78 Å². The topological polar surface area (TPSA) is 68.0 Å². The quantitative estimate of drug-likeness (QED) is 0.894. The Bertz CT molecular complexity index is 577. The van der Waals surface area contributed by atoms with Gasteiger partial charge < -0.3 is 11.1 Å². The molecule has 0 saturated carbocycles. The molecule has 18 heavy (non-hydrogen) atoms. The Morgan fingerprint density at radius 3 is 2.78 bits per heavy atom. The monoisotopic (exact) mass is 263 g/mol. The van der Waals surface area contributed by atoms with E-state index >= 15 is 0 Å². The second kappa shape index (κ2) is 4.94. The third-order valence-electron chi connectivity index (χ3n) is 3.05. The number of anilines is 1. The van der Waals surface area contributed by atoms with Crippen LogP contribution in [0.15, 0.2) is 18.3 Å². The highest BCUT2D eigenvalue weighted by molar-refractivity contribution is 7.21. The lowest BCUT2D eigenvalue weighted by Gasteiger charge is -2.16. The van der Waals surface area contributed by atoms with E-state index in [2.05, 4.69) is 24.1 Å². The zero-order valence-corrected chi connectivity index (χ0v) is 11.5. The van der Waals surface area contributed by atoms with Gasteiger partial charge in [0.05, 0.1) is 10.4 Å². The van der Waals surface area contributed by atoms with Crippen LogP contribution < -0.4 is 11.1 Å². The third kappa shape index (κ3) is 2.31. The lowest BCUT2D eigenvalue weighted by Crippen LogP contribution is -2.35. The lowest BCUT2D eigenvalue weighted by molar-refractivity contribution is 0.0935. The molecule has 3 N–H and O–H groups in total. The molecule has 96 valence electrons. The number of thiophene rings is 1. The molecule has 0 radical (unpaired) electrons. The Labute approximate surface area is 110 Å². The summed E-state index contributed by atoms with van der Waals surface area (Å²) in [5.74, 6) is 0.277. The van der Waals surface area contributed by atoms with Crippen molar-refractivity contribution in [2.45, 2.75) is 26.8 Å². The molecule has 4 nitrogen and oxygen atoms in total. The third-order valence-corrected chi connectivity index (χ3v) is 4.21. The first-order chi connectivity index (χ1) is 8.50. The number of carbonyl (C=O) groups excluding carboxylic acids is 1. The second-order valence-electron chi connectivity index (χ2n) is 4.70. The van der Waals surface area contributed by atoms with Gasteiger partial charge in [-0.2, -0.15) is 0 Å². The van der Waals surface area contributed by atoms with E-state index < -0.39 is 0 Å². The molecule has 0 bridgehead atoms. The number of carbonyl (C=O) groups is 1. The average Bonchev–Trinajstić information content (AvgIpc) is 2.67. The maximum atomic E-state index is 12.1. The number of nitrogen functional groups attached to an aromatic ring is 1. The molecule has 0 aliphatic rings. The van der Waals surface area contributed by atoms with Gasteiger partial charge in [0, 0.05) is 12.2 Å². The van der Waals surface area contributed by atoms with Crippen LogP contribution in [-0.2, 0) is 0 Å². The van der Waals surface area contributed by atoms with Gasteiger partial charge in [-0.1, -0.05) is 13.8 Å². The SMILES string of the molecule is CC(C)C(C)NC(=O)c1sc2cccnc2c1N. The molecule has 2 heterocycles. The van der Waals surface area contributed by atoms with Gasteiger partial charge in [-0.25, -0.2) is 0 Å². The van der Waals surface area contributed by atoms with Crippen molar-refractivity contribution in [3.8, 4) is 0 Å². The Morgan fingerprint density at radius 2 is 2.17 bits per heavy atom. The number of nitrogens with one attached hydrogen (secondary N) is 1. The number of rotatable bonds is 3. The fraction of sp³-hybridized carbons (Fsp3) is 0.385. The predicted molar refractivity (Wildman–Crippen MR) is 75.8 cm³/mol. The van der Waals surface area contributed by atoms with Crippen LogP contribution in [0.25, 0.3) is 10.2 Å². The summed E-state index contributed by atoms with van der Waals surface area (Å²) in [6.45, 7) is 6.13. The van der Waals surface area contributed by atoms with Crippen molar-refractivity contribution in [3.05, 3.63) is 23.2 Å². The summed E-state index contributed by atoms with van der Waals surface area (Å²) >= 11 is 1.39. The molecular formula is C13H17N3OS. The van der Waals surface area contributed by atoms with E-state index in [9.17, 15) is 4.79 Å². The fourth-order valence-corrected chi connectivity index (χ4v) is 2.54. The van der Waals surface area contributed by atoms with Crippen molar-refractivity contribution in [1.82, 2.24) is 10.3 Å². The van der Waals surface area contributed by atoms with Crippen molar-refractivity contribution < 1.29 is 4.79 Å². The first-order valence-electron chi connectivity index (χ1n) is 5.94. The van der Waals surface area contributed by atoms with E-state index in [1.54, 1.807) is 6.20 Å². The van der Waals surface area contributed by atoms with E-state index in [0.717, 1.165) is 4.70 Å². The van der Waals surface area contributed by atoms with Crippen LogP contribution in [0.4, 0.5) is 5.69 Å². The van der Waals surface area contributed by atoms with Crippen LogP contribution >= 0.6 is 11.3 Å². The number of nitrogens with zero attached hydrogens (tertiary/aromatic N) is 1. The second-order valence-corrected chi connectivity index (χ2v) is 5.75. The highest BCUT2D eigenvalue weighted by Gasteiger charge is 2.19. The van der Waals surface area contributed by atoms with Gasteiger partial charge >= 0.3 is 0 Å². The van der Waals surface area contributed by atoms with E-state index in [0.29, 0.717) is 22.0 Å². The van der Waals surface area contributed by atoms with E-state index in [4.69, 9.17) is 5.73 Å². The first-order valence-corrected chi connectivity index (χ1v) is 6.76. The minimum Gasteiger partial charge on any atom is -0.396 e. The van der Waals surface area contributed by atoms with Crippen LogP contribution in [0.1, 0.15) is 30.4 Å². The standard InChI is InChI=1S/C13H17N3OS/c1-7(2)8(3)16-13(17)12-10(14)11-9(18-12)5-4-6-15-11/h4-8H,14H2,1-3H3,(H,16,17). The number of nitrogens with two attached hydrogens (primary N) is 1. The molecule has 2 aromatic rings. The Morgan fingerprint density at radius 1 is 1.44 bits per heavy atom. The zero-order valence-electron chi connectivity index (χ0n) is 10.7. The Kier molecular flexibility index (Phi) is 3.52. The van der Waals surface area contributed by atoms with Gasteiger partial charge in [0.25, 0.3) is 5.91 Å². The summed E-state index contributed by atoms with van der Waals surface area (Å²) in [6.07, 6.45) is 1.68. The molecule has 0 aliphatic carbocycles. The zero-order chi connectivity index (χ0) is 13.3. The maximum Gasteiger partial charge on any atom is 0.263 e. The fourth-order valence-electron chi connectivity index (χ4n) is 1.56. The Hall–Kier alpha value is -1.62. The van der Waals surface area contributed by atoms with Gasteiger partial charge in [-0.05, 0) is 25.0 Å². The number of fused-ring (bicyclic) bond motifs is 1. The molecule has 0 aliphatic heterocycles. The number of amides is 1. The summed E-state index contributed by atoms with van der Waals surface area (Å²) in [5, 5.41) is 2.96. The van der Waals surface area contributed by atoms with Gasteiger partial charge in [0.2, 0.25) is 0 Å². The van der Waals surface area contributed by atoms with Crippen LogP contribution in [0.3, 0.4) is 0 Å². The van der Waals surface area contributed by atoms with Crippen molar-refractivity contribution in [3.63, 3.8) is 0 Å². The van der Waals surface area contributed by atoms with Gasteiger partial charge in [0.1, 0.15) is 10.4 Å². The number of pyridine rings is 1. The van der Waals surface area contributed by atoms with Crippen molar-refractivity contribution in [2.24, 2.45) is 5.92 Å². The van der Waals surface area contributed by atoms with E-state index in [-0.39, 0.29) is 11.9 Å². The molecule has 1 amide bonds. The average molecular weight is 263 g/mol. The van der Waals surface area contributed by atoms with Crippen molar-refractivity contribution >= 4 is 33.1 Å². The molecule has 5 heteroatoms. The Balaban J connectivity index is 2.31. The molecular weight excluding hydrogens is 246 g/mol. The minimum absolute atomic E-state index is 0.114. The number of aromatic nitrogens is 1. The smallest absolute Gasteiger partial charge is 0.263 e. The van der Waals surface area contributed by atoms with Crippen molar-refractivity contribution in [1.29, 1.82) is 0 Å². The largest absolute Gasteiger partial charge is 0.396 e. The normalized spacial score (nSPS) is 12.9. The molecule has 2 aromatic heterocycles. The maximum absolute atomic E-state index is 12.1. The van der Waals surface area contributed by atoms with E-state index in [1.807, 2.05) is 19.1 Å². The lowest BCUT2D eigenvalue weighted by atomic mass is 10.1. The van der Waals surface area contributed by atoms with Crippen molar-refractivity contribution in [2.75, 3.05) is 5.73 Å². The van der Waals surface area contributed by atoms with Crippen LogP contribution in [0.2, 0.25) is 0 Å². The summed E-state index contributed by atoms with van der Waals surface area (Å²) in [5.41, 5.74) is 7.17. The molecule has 0 aromatic carbocycles. The first kappa shape index (κ1) is 12.8. The van der Waals surface area contributed by atoms with Gasteiger partial charge in [0.15, 0.2) is 0 Å².